The average molecular weight is 359 g/mol. The van der Waals surface area contributed by atoms with Crippen LogP contribution in [0.1, 0.15) is 23.6 Å². The summed E-state index contributed by atoms with van der Waals surface area (Å²) in [6, 6.07) is 10.2. The summed E-state index contributed by atoms with van der Waals surface area (Å²) in [6.07, 6.45) is 3.71. The molecule has 3 rings (SSSR count). The summed E-state index contributed by atoms with van der Waals surface area (Å²) in [5.41, 5.74) is 1.91. The van der Waals surface area contributed by atoms with Gasteiger partial charge in [0.2, 0.25) is 15.9 Å². The van der Waals surface area contributed by atoms with Crippen LogP contribution >= 0.6 is 0 Å². The van der Waals surface area contributed by atoms with E-state index in [-0.39, 0.29) is 29.3 Å². The Bertz CT molecular complexity index is 851. The Morgan fingerprint density at radius 2 is 1.96 bits per heavy atom. The minimum absolute atomic E-state index is 0.00777. The third kappa shape index (κ3) is 3.72. The summed E-state index contributed by atoms with van der Waals surface area (Å²) >= 11 is 0. The third-order valence-electron chi connectivity index (χ3n) is 4.59. The van der Waals surface area contributed by atoms with Crippen LogP contribution in [0.5, 0.6) is 0 Å². The average Bonchev–Trinajstić information content (AvgIpc) is 2.89. The van der Waals surface area contributed by atoms with E-state index < -0.39 is 10.0 Å². The maximum absolute atomic E-state index is 12.5. The molecule has 0 aliphatic carbocycles. The molecule has 7 heteroatoms. The first kappa shape index (κ1) is 17.6. The van der Waals surface area contributed by atoms with Gasteiger partial charge in [-0.25, -0.2) is 13.1 Å². The summed E-state index contributed by atoms with van der Waals surface area (Å²) in [5.74, 6) is -0.129. The second kappa shape index (κ2) is 6.93. The van der Waals surface area contributed by atoms with Gasteiger partial charge in [-0.05, 0) is 30.7 Å². The number of nitrogens with zero attached hydrogens (tertiary/aromatic N) is 2. The molecule has 0 spiro atoms. The number of aryl methyl sites for hydroxylation is 1. The third-order valence-corrected chi connectivity index (χ3v) is 6.03. The summed E-state index contributed by atoms with van der Waals surface area (Å²) in [4.78, 5) is 18.1. The number of benzene rings is 1. The molecule has 1 aromatic heterocycles. The predicted octanol–water partition coefficient (Wildman–Crippen LogP) is 1.89. The van der Waals surface area contributed by atoms with Crippen molar-refractivity contribution in [2.45, 2.75) is 24.3 Å². The van der Waals surface area contributed by atoms with Gasteiger partial charge in [0.05, 0.1) is 10.9 Å². The maximum Gasteiger partial charge on any atom is 0.240 e. The number of amides is 1. The molecular weight excluding hydrogens is 338 g/mol. The fourth-order valence-corrected chi connectivity index (χ4v) is 4.29. The highest BCUT2D eigenvalue weighted by molar-refractivity contribution is 7.89. The van der Waals surface area contributed by atoms with Crippen LogP contribution in [-0.2, 0) is 14.8 Å². The molecule has 2 atom stereocenters. The number of carbonyl (C=O) groups is 1. The van der Waals surface area contributed by atoms with E-state index in [1.807, 2.05) is 19.1 Å². The van der Waals surface area contributed by atoms with E-state index in [4.69, 9.17) is 0 Å². The van der Waals surface area contributed by atoms with Gasteiger partial charge < -0.3 is 4.90 Å². The highest BCUT2D eigenvalue weighted by Crippen LogP contribution is 2.36. The molecule has 1 aliphatic heterocycles. The van der Waals surface area contributed by atoms with Gasteiger partial charge >= 0.3 is 0 Å². The van der Waals surface area contributed by atoms with Gasteiger partial charge in [0.25, 0.3) is 0 Å². The van der Waals surface area contributed by atoms with E-state index in [9.17, 15) is 13.2 Å². The van der Waals surface area contributed by atoms with Crippen LogP contribution in [0.2, 0.25) is 0 Å². The lowest BCUT2D eigenvalue weighted by Crippen LogP contribution is -2.32. The number of hydrogen-bond acceptors (Lipinski definition) is 4. The minimum Gasteiger partial charge on any atom is -0.338 e. The van der Waals surface area contributed by atoms with Gasteiger partial charge in [0.1, 0.15) is 0 Å². The Kier molecular flexibility index (Phi) is 4.87. The van der Waals surface area contributed by atoms with Crippen LogP contribution in [0.3, 0.4) is 0 Å². The van der Waals surface area contributed by atoms with E-state index in [1.54, 1.807) is 48.6 Å². The van der Waals surface area contributed by atoms with E-state index in [0.717, 1.165) is 11.1 Å². The van der Waals surface area contributed by atoms with Crippen LogP contribution in [0, 0.1) is 12.8 Å². The first-order valence-electron chi connectivity index (χ1n) is 8.10. The molecule has 1 aromatic carbocycles. The fourth-order valence-electron chi connectivity index (χ4n) is 3.20. The molecule has 132 valence electrons. The zero-order valence-corrected chi connectivity index (χ0v) is 15.0. The van der Waals surface area contributed by atoms with Gasteiger partial charge in [-0.1, -0.05) is 23.8 Å². The summed E-state index contributed by atoms with van der Waals surface area (Å²) < 4.78 is 27.6. The van der Waals surface area contributed by atoms with E-state index in [1.165, 1.54) is 0 Å². The Morgan fingerprint density at radius 1 is 1.24 bits per heavy atom. The Morgan fingerprint density at radius 3 is 2.60 bits per heavy atom. The number of carbonyl (C=O) groups excluding carboxylic acids is 1. The lowest BCUT2D eigenvalue weighted by atomic mass is 9.95. The van der Waals surface area contributed by atoms with E-state index in [0.29, 0.717) is 6.42 Å². The second-order valence-electron chi connectivity index (χ2n) is 6.36. The van der Waals surface area contributed by atoms with E-state index in [2.05, 4.69) is 9.71 Å². The number of aromatic nitrogens is 1. The van der Waals surface area contributed by atoms with Crippen LogP contribution in [0.15, 0.2) is 53.7 Å². The molecule has 0 saturated carbocycles. The van der Waals surface area contributed by atoms with Crippen LogP contribution < -0.4 is 4.72 Å². The zero-order chi connectivity index (χ0) is 18.0. The van der Waals surface area contributed by atoms with Gasteiger partial charge in [0.15, 0.2) is 0 Å². The fraction of sp³-hybridized carbons (Fsp3) is 0.333. The molecule has 6 nitrogen and oxygen atoms in total. The van der Waals surface area contributed by atoms with Crippen molar-refractivity contribution < 1.29 is 13.2 Å². The number of nitrogens with one attached hydrogen (secondary N) is 1. The van der Waals surface area contributed by atoms with Crippen molar-refractivity contribution in [3.8, 4) is 0 Å². The smallest absolute Gasteiger partial charge is 0.240 e. The molecule has 2 aromatic rings. The number of hydrogen-bond donors (Lipinski definition) is 1. The molecule has 1 N–H and O–H groups in total. The summed E-state index contributed by atoms with van der Waals surface area (Å²) in [7, 11) is -1.86. The monoisotopic (exact) mass is 359 g/mol. The standard InChI is InChI=1S/C18H21N3O3S/c1-13-5-7-16(8-6-13)25(23,24)20-12-15-10-17(22)21(2)18(15)14-4-3-9-19-11-14/h3-9,11,15,18,20H,10,12H2,1-2H3/t15-,18-/m0/s1. The van der Waals surface area contributed by atoms with Gasteiger partial charge in [-0.15, -0.1) is 0 Å². The van der Waals surface area contributed by atoms with Crippen LogP contribution in [0.4, 0.5) is 0 Å². The summed E-state index contributed by atoms with van der Waals surface area (Å²) in [6.45, 7) is 2.11. The molecule has 1 amide bonds. The normalized spacial score (nSPS) is 20.9. The minimum atomic E-state index is -3.60. The largest absolute Gasteiger partial charge is 0.338 e. The first-order chi connectivity index (χ1) is 11.9. The molecule has 1 saturated heterocycles. The molecule has 2 heterocycles. The molecule has 0 radical (unpaired) electrons. The summed E-state index contributed by atoms with van der Waals surface area (Å²) in [5, 5.41) is 0. The molecule has 0 unspecified atom stereocenters. The number of likely N-dealkylation sites (tertiary alicyclic amines) is 1. The molecule has 0 bridgehead atoms. The van der Waals surface area contributed by atoms with Crippen molar-refractivity contribution in [1.82, 2.24) is 14.6 Å². The van der Waals surface area contributed by atoms with Crippen molar-refractivity contribution in [3.63, 3.8) is 0 Å². The van der Waals surface area contributed by atoms with Crippen molar-refractivity contribution in [2.24, 2.45) is 5.92 Å². The van der Waals surface area contributed by atoms with Gasteiger partial charge in [-0.2, -0.15) is 0 Å². The molecule has 25 heavy (non-hydrogen) atoms. The Balaban J connectivity index is 1.77. The maximum atomic E-state index is 12.5. The second-order valence-corrected chi connectivity index (χ2v) is 8.13. The number of pyridine rings is 1. The lowest BCUT2D eigenvalue weighted by molar-refractivity contribution is -0.127. The zero-order valence-electron chi connectivity index (χ0n) is 14.2. The van der Waals surface area contributed by atoms with Crippen LogP contribution in [-0.4, -0.2) is 37.8 Å². The molecular formula is C18H21N3O3S. The molecule has 1 aliphatic rings. The van der Waals surface area contributed by atoms with Crippen molar-refractivity contribution in [2.75, 3.05) is 13.6 Å². The van der Waals surface area contributed by atoms with Gasteiger partial charge in [0, 0.05) is 38.3 Å². The Hall–Kier alpha value is -2.25. The Labute approximate surface area is 147 Å². The van der Waals surface area contributed by atoms with E-state index >= 15 is 0 Å². The lowest BCUT2D eigenvalue weighted by Gasteiger charge is -2.25. The van der Waals surface area contributed by atoms with Gasteiger partial charge in [-0.3, -0.25) is 9.78 Å². The predicted molar refractivity (Wildman–Crippen MR) is 94.2 cm³/mol. The van der Waals surface area contributed by atoms with Crippen molar-refractivity contribution >= 4 is 15.9 Å². The SMILES string of the molecule is Cc1ccc(S(=O)(=O)NC[C@@H]2CC(=O)N(C)[C@H]2c2cccnc2)cc1. The number of sulfonamides is 1. The first-order valence-corrected chi connectivity index (χ1v) is 9.59. The number of rotatable bonds is 5. The topological polar surface area (TPSA) is 79.4 Å². The van der Waals surface area contributed by atoms with Crippen LogP contribution in [0.25, 0.3) is 0 Å². The highest BCUT2D eigenvalue weighted by Gasteiger charge is 2.39. The highest BCUT2D eigenvalue weighted by atomic mass is 32.2. The quantitative estimate of drug-likeness (QED) is 0.884. The van der Waals surface area contributed by atoms with Crippen molar-refractivity contribution in [3.05, 3.63) is 59.9 Å². The van der Waals surface area contributed by atoms with Crippen molar-refractivity contribution in [1.29, 1.82) is 0 Å². The molecule has 1 fully saturated rings.